The summed E-state index contributed by atoms with van der Waals surface area (Å²) >= 11 is 8.53. The van der Waals surface area contributed by atoms with E-state index in [1.165, 1.54) is 0 Å². The first-order valence-corrected chi connectivity index (χ1v) is 0.926. The van der Waals surface area contributed by atoms with Gasteiger partial charge in [-0.2, -0.15) is 3.84 Å². The molecule has 0 heterocycles. The van der Waals surface area contributed by atoms with E-state index >= 15 is 0 Å². The summed E-state index contributed by atoms with van der Waals surface area (Å²) in [5.41, 5.74) is 0. The zero-order chi connectivity index (χ0) is 2.71. The maximum absolute atomic E-state index is 4.26. The molecule has 0 aromatic carbocycles. The van der Waals surface area contributed by atoms with E-state index in [2.05, 4.69) is 27.6 Å². The zero-order valence-corrected chi connectivity index (χ0v) is 5.32. The molecule has 25 valence electrons. The average Bonchev–Trinajstić information content (AvgIpc) is 0.918. The molecule has 1 nitrogen and oxygen atoms in total. The fourth-order valence-corrected chi connectivity index (χ4v) is 0. The molecule has 0 aliphatic rings. The van der Waals surface area contributed by atoms with Crippen molar-refractivity contribution in [3.63, 3.8) is 0 Å². The summed E-state index contributed by atoms with van der Waals surface area (Å²) in [4.78, 5) is 0. The predicted molar refractivity (Wildman–Crippen MR) is 12.8 cm³/mol. The largest absolute Gasteiger partial charge is 0.166 e. The Balaban J connectivity index is 0. The van der Waals surface area contributed by atoms with E-state index < -0.39 is 0 Å². The molecule has 4 heavy (non-hydrogen) atoms. The van der Waals surface area contributed by atoms with E-state index in [0.29, 0.717) is 0 Å². The average molecular weight is 180 g/mol. The van der Waals surface area contributed by atoms with E-state index in [1.54, 1.807) is 0 Å². The van der Waals surface area contributed by atoms with E-state index in [4.69, 9.17) is 0 Å². The molecule has 0 aromatic rings. The van der Waals surface area contributed by atoms with Crippen molar-refractivity contribution in [1.82, 2.24) is 0 Å². The van der Waals surface area contributed by atoms with Crippen LogP contribution < -0.4 is 0 Å². The van der Waals surface area contributed by atoms with Crippen LogP contribution in [0.25, 0.3) is 0 Å². The van der Waals surface area contributed by atoms with Gasteiger partial charge in [-0.3, -0.25) is 0 Å². The van der Waals surface area contributed by atoms with Gasteiger partial charge in [0, 0.05) is 22.4 Å². The number of rotatable bonds is 0. The molecule has 0 saturated heterocycles. The topological polar surface area (TPSA) is 9.23 Å². The minimum Gasteiger partial charge on any atom is -0.166 e. The summed E-state index contributed by atoms with van der Waals surface area (Å²) in [7, 11) is 0. The second kappa shape index (κ2) is 8.86. The molecule has 0 saturated carbocycles. The molecule has 0 unspecified atom stereocenters. The molecule has 0 spiro atoms. The third kappa shape index (κ3) is 10.4. The summed E-state index contributed by atoms with van der Waals surface area (Å²) in [5.74, 6) is 0. The third-order valence-electron chi connectivity index (χ3n) is 0. The summed E-state index contributed by atoms with van der Waals surface area (Å²) in [6.45, 7) is 0. The first-order chi connectivity index (χ1) is 1.41. The molecule has 4 heteroatoms. The SMILES string of the molecule is ClOCl.[Nb]. The third-order valence-corrected chi connectivity index (χ3v) is 0. The molecular weight excluding hydrogens is 180 g/mol. The Hall–Kier alpha value is 1.28. The fourth-order valence-electron chi connectivity index (χ4n) is 0. The Bertz CT molecular complexity index is 6.00. The van der Waals surface area contributed by atoms with Crippen molar-refractivity contribution in [1.29, 1.82) is 0 Å². The predicted octanol–water partition coefficient (Wildman–Crippen LogP) is 1.31. The molecule has 0 aromatic heterocycles. The van der Waals surface area contributed by atoms with Crippen LogP contribution in [0.5, 0.6) is 0 Å². The van der Waals surface area contributed by atoms with Gasteiger partial charge in [-0.25, -0.2) is 0 Å². The van der Waals surface area contributed by atoms with Crippen LogP contribution in [0, 0.1) is 0 Å². The molecule has 0 aliphatic heterocycles. The van der Waals surface area contributed by atoms with Gasteiger partial charge in [-0.05, 0) is 0 Å². The molecule has 0 atom stereocenters. The monoisotopic (exact) mass is 179 g/mol. The van der Waals surface area contributed by atoms with Crippen LogP contribution in [-0.2, 0) is 26.2 Å². The van der Waals surface area contributed by atoms with Gasteiger partial charge >= 0.3 is 0 Å². The van der Waals surface area contributed by atoms with E-state index in [9.17, 15) is 0 Å². The van der Waals surface area contributed by atoms with Gasteiger partial charge in [0.25, 0.3) is 0 Å². The minimum absolute atomic E-state index is 0. The Labute approximate surface area is 50.1 Å². The Morgan fingerprint density at radius 2 is 1.25 bits per heavy atom. The van der Waals surface area contributed by atoms with Gasteiger partial charge in [0.05, 0.1) is 23.7 Å². The first kappa shape index (κ1) is 8.99. The van der Waals surface area contributed by atoms with Crippen LogP contribution in [0.3, 0.4) is 0 Å². The summed E-state index contributed by atoms with van der Waals surface area (Å²) in [6, 6.07) is 0. The van der Waals surface area contributed by atoms with Gasteiger partial charge in [0.1, 0.15) is 0 Å². The van der Waals surface area contributed by atoms with Crippen molar-refractivity contribution in [2.75, 3.05) is 0 Å². The Morgan fingerprint density at radius 3 is 1.25 bits per heavy atom. The molecule has 1 radical (unpaired) electrons. The Morgan fingerprint density at radius 1 is 1.25 bits per heavy atom. The van der Waals surface area contributed by atoms with Crippen LogP contribution in [0.4, 0.5) is 0 Å². The van der Waals surface area contributed by atoms with Gasteiger partial charge in [0.15, 0.2) is 0 Å². The second-order valence-electron chi connectivity index (χ2n) is 0.0583. The molecular formula is Cl2NbO. The number of hydrogen-bond acceptors (Lipinski definition) is 1. The standard InChI is InChI=1S/Cl2O.Nb/c1-3-2;. The molecule has 0 rings (SSSR count). The van der Waals surface area contributed by atoms with Crippen molar-refractivity contribution in [3.05, 3.63) is 0 Å². The fraction of sp³-hybridized carbons (Fsp3) is 0. The minimum atomic E-state index is 0. The van der Waals surface area contributed by atoms with Crippen molar-refractivity contribution >= 4 is 23.7 Å². The molecule has 0 amide bonds. The second-order valence-corrected chi connectivity index (χ2v) is 0.525. The maximum Gasteiger partial charge on any atom is 0.0832 e. The van der Waals surface area contributed by atoms with Gasteiger partial charge in [-0.1, -0.05) is 0 Å². The molecule has 0 bridgehead atoms. The molecule has 0 aliphatic carbocycles. The zero-order valence-electron chi connectivity index (χ0n) is 1.61. The summed E-state index contributed by atoms with van der Waals surface area (Å²) < 4.78 is 3.19. The van der Waals surface area contributed by atoms with Crippen LogP contribution in [0.1, 0.15) is 0 Å². The van der Waals surface area contributed by atoms with Crippen LogP contribution >= 0.6 is 23.7 Å². The van der Waals surface area contributed by atoms with E-state index in [1.807, 2.05) is 0 Å². The smallest absolute Gasteiger partial charge is 0.0832 e. The quantitative estimate of drug-likeness (QED) is 0.510. The maximum atomic E-state index is 4.26. The van der Waals surface area contributed by atoms with E-state index in [-0.39, 0.29) is 22.4 Å². The van der Waals surface area contributed by atoms with E-state index in [0.717, 1.165) is 0 Å². The van der Waals surface area contributed by atoms with Gasteiger partial charge < -0.3 is 0 Å². The number of halogens is 2. The van der Waals surface area contributed by atoms with Crippen molar-refractivity contribution in [2.24, 2.45) is 0 Å². The van der Waals surface area contributed by atoms with Crippen molar-refractivity contribution < 1.29 is 26.2 Å². The van der Waals surface area contributed by atoms with Gasteiger partial charge in [0.2, 0.25) is 0 Å². The normalized spacial score (nSPS) is 4.50. The first-order valence-electron chi connectivity index (χ1n) is 0.309. The number of hydrogen-bond donors (Lipinski definition) is 0. The van der Waals surface area contributed by atoms with Crippen LogP contribution in [0.2, 0.25) is 0 Å². The summed E-state index contributed by atoms with van der Waals surface area (Å²) in [5, 5.41) is 0. The molecule has 0 N–H and O–H groups in total. The van der Waals surface area contributed by atoms with Gasteiger partial charge in [-0.15, -0.1) is 0 Å². The Kier molecular flexibility index (Phi) is 19.9. The van der Waals surface area contributed by atoms with Crippen LogP contribution in [-0.4, -0.2) is 0 Å². The summed E-state index contributed by atoms with van der Waals surface area (Å²) in [6.07, 6.45) is 0. The molecule has 0 fully saturated rings. The van der Waals surface area contributed by atoms with Crippen molar-refractivity contribution in [2.45, 2.75) is 0 Å². The van der Waals surface area contributed by atoms with Crippen LogP contribution in [0.15, 0.2) is 0 Å². The van der Waals surface area contributed by atoms with Crippen molar-refractivity contribution in [3.8, 4) is 0 Å².